The SMILES string of the molecule is C=C(c1cnc(C(=O)OC)cn1)c1cc2c(cc1C)C(C)(C)CCC2(C)CCC1(C)CCC(C)(C)c2cc(C(=C)c3ccc(C(=O)O)c(F)c3F)c(C)cc21. The van der Waals surface area contributed by atoms with Gasteiger partial charge in [0.05, 0.1) is 30.8 Å². The summed E-state index contributed by atoms with van der Waals surface area (Å²) in [7, 11) is 1.32. The number of hydrogen-bond acceptors (Lipinski definition) is 5. The minimum Gasteiger partial charge on any atom is -0.478 e. The molecule has 0 fully saturated rings. The molecule has 6 nitrogen and oxygen atoms in total. The van der Waals surface area contributed by atoms with Gasteiger partial charge in [0.1, 0.15) is 0 Å². The Morgan fingerprint density at radius 1 is 0.673 bits per heavy atom. The number of nitrogens with zero attached hydrogens (tertiary/aromatic N) is 2. The van der Waals surface area contributed by atoms with Gasteiger partial charge in [-0.15, -0.1) is 0 Å². The number of fused-ring (bicyclic) bond motifs is 2. The summed E-state index contributed by atoms with van der Waals surface area (Å²) in [5, 5.41) is 9.30. The molecule has 6 rings (SSSR count). The molecule has 3 aromatic carbocycles. The predicted octanol–water partition coefficient (Wildman–Crippen LogP) is 11.1. The van der Waals surface area contributed by atoms with Crippen molar-refractivity contribution >= 4 is 23.1 Å². The lowest BCUT2D eigenvalue weighted by Gasteiger charge is -2.48. The fourth-order valence-corrected chi connectivity index (χ4v) is 8.90. The molecular weight excluding hydrogens is 695 g/mol. The van der Waals surface area contributed by atoms with Crippen LogP contribution in [0.15, 0.2) is 61.9 Å². The highest BCUT2D eigenvalue weighted by Crippen LogP contribution is 2.54. The van der Waals surface area contributed by atoms with E-state index >= 15 is 4.39 Å². The number of hydrogen-bond donors (Lipinski definition) is 1. The van der Waals surface area contributed by atoms with Gasteiger partial charge in [0.15, 0.2) is 17.3 Å². The molecule has 0 saturated heterocycles. The Morgan fingerprint density at radius 3 is 1.64 bits per heavy atom. The van der Waals surface area contributed by atoms with Gasteiger partial charge in [0, 0.05) is 11.1 Å². The summed E-state index contributed by atoms with van der Waals surface area (Å²) in [4.78, 5) is 32.2. The van der Waals surface area contributed by atoms with Crippen molar-refractivity contribution in [2.75, 3.05) is 7.11 Å². The van der Waals surface area contributed by atoms with E-state index in [0.717, 1.165) is 72.4 Å². The Kier molecular flexibility index (Phi) is 10.1. The highest BCUT2D eigenvalue weighted by atomic mass is 19.2. The molecule has 0 saturated carbocycles. The molecule has 0 amide bonds. The monoisotopic (exact) mass is 746 g/mol. The summed E-state index contributed by atoms with van der Waals surface area (Å²) >= 11 is 0. The van der Waals surface area contributed by atoms with Gasteiger partial charge in [-0.1, -0.05) is 79.0 Å². The van der Waals surface area contributed by atoms with Crippen molar-refractivity contribution in [3.8, 4) is 0 Å². The van der Waals surface area contributed by atoms with Gasteiger partial charge >= 0.3 is 11.9 Å². The van der Waals surface area contributed by atoms with Gasteiger partial charge < -0.3 is 9.84 Å². The van der Waals surface area contributed by atoms with Crippen molar-refractivity contribution in [2.45, 2.75) is 116 Å². The Balaban J connectivity index is 1.35. The highest BCUT2D eigenvalue weighted by Gasteiger charge is 2.45. The van der Waals surface area contributed by atoms with Crippen LogP contribution in [-0.4, -0.2) is 34.1 Å². The van der Waals surface area contributed by atoms with E-state index in [1.54, 1.807) is 6.20 Å². The average Bonchev–Trinajstić information content (AvgIpc) is 3.14. The topological polar surface area (TPSA) is 89.4 Å². The van der Waals surface area contributed by atoms with E-state index in [9.17, 15) is 19.1 Å². The molecule has 1 aromatic heterocycles. The van der Waals surface area contributed by atoms with Crippen molar-refractivity contribution in [1.29, 1.82) is 0 Å². The van der Waals surface area contributed by atoms with Crippen molar-refractivity contribution in [3.05, 3.63) is 141 Å². The Labute approximate surface area is 323 Å². The first-order valence-corrected chi connectivity index (χ1v) is 19.0. The molecule has 4 aromatic rings. The number of ether oxygens (including phenoxy) is 1. The maximum absolute atomic E-state index is 15.3. The van der Waals surface area contributed by atoms with Crippen LogP contribution >= 0.6 is 0 Å². The van der Waals surface area contributed by atoms with Gasteiger partial charge in [-0.2, -0.15) is 0 Å². The summed E-state index contributed by atoms with van der Waals surface area (Å²) in [6, 6.07) is 11.4. The van der Waals surface area contributed by atoms with Crippen LogP contribution in [0.2, 0.25) is 0 Å². The molecule has 1 heterocycles. The third-order valence-corrected chi connectivity index (χ3v) is 13.0. The zero-order valence-corrected chi connectivity index (χ0v) is 33.6. The fourth-order valence-electron chi connectivity index (χ4n) is 8.90. The number of benzene rings is 3. The van der Waals surface area contributed by atoms with Crippen LogP contribution in [-0.2, 0) is 26.4 Å². The van der Waals surface area contributed by atoms with Crippen LogP contribution in [0, 0.1) is 25.5 Å². The zero-order valence-electron chi connectivity index (χ0n) is 33.6. The molecule has 8 heteroatoms. The minimum atomic E-state index is -1.52. The number of carboxylic acids is 1. The van der Waals surface area contributed by atoms with E-state index in [0.29, 0.717) is 11.3 Å². The lowest BCUT2D eigenvalue weighted by Crippen LogP contribution is -2.40. The van der Waals surface area contributed by atoms with Crippen molar-refractivity contribution < 1.29 is 28.2 Å². The van der Waals surface area contributed by atoms with Crippen molar-refractivity contribution in [1.82, 2.24) is 9.97 Å². The summed E-state index contributed by atoms with van der Waals surface area (Å²) in [6.45, 7) is 26.6. The third-order valence-electron chi connectivity index (χ3n) is 13.0. The zero-order chi connectivity index (χ0) is 40.4. The quantitative estimate of drug-likeness (QED) is 0.172. The second-order valence-corrected chi connectivity index (χ2v) is 17.6. The lowest BCUT2D eigenvalue weighted by molar-refractivity contribution is 0.0592. The Morgan fingerprint density at radius 2 is 1.11 bits per heavy atom. The number of carbonyl (C=O) groups is 2. The van der Waals surface area contributed by atoms with Crippen LogP contribution in [0.3, 0.4) is 0 Å². The average molecular weight is 747 g/mol. The first-order chi connectivity index (χ1) is 25.6. The number of carboxylic acid groups (broad SMARTS) is 1. The van der Waals surface area contributed by atoms with Crippen LogP contribution in [0.4, 0.5) is 8.78 Å². The highest BCUT2D eigenvalue weighted by molar-refractivity contribution is 5.90. The molecule has 288 valence electrons. The third kappa shape index (κ3) is 6.93. The molecule has 2 atom stereocenters. The first kappa shape index (κ1) is 39.7. The Bertz CT molecular complexity index is 2270. The first-order valence-electron chi connectivity index (χ1n) is 19.0. The molecule has 1 N–H and O–H groups in total. The van der Waals surface area contributed by atoms with Crippen LogP contribution < -0.4 is 0 Å². The molecule has 0 spiro atoms. The van der Waals surface area contributed by atoms with Crippen LogP contribution in [0.25, 0.3) is 11.1 Å². The van der Waals surface area contributed by atoms with Crippen LogP contribution in [0.5, 0.6) is 0 Å². The van der Waals surface area contributed by atoms with E-state index in [-0.39, 0.29) is 32.9 Å². The number of aromatic carboxylic acids is 1. The van der Waals surface area contributed by atoms with Crippen molar-refractivity contribution in [2.24, 2.45) is 0 Å². The second-order valence-electron chi connectivity index (χ2n) is 17.6. The maximum Gasteiger partial charge on any atom is 0.358 e. The molecular formula is C47H52F2N2O4. The lowest BCUT2D eigenvalue weighted by atomic mass is 9.56. The minimum absolute atomic E-state index is 0.000950. The normalized spacial score (nSPS) is 20.9. The summed E-state index contributed by atoms with van der Waals surface area (Å²) in [6.07, 6.45) is 8.97. The summed E-state index contributed by atoms with van der Waals surface area (Å²) in [5.74, 6) is -4.65. The fraction of sp³-hybridized carbons (Fsp3) is 0.404. The molecule has 55 heavy (non-hydrogen) atoms. The number of halogens is 2. The number of rotatable bonds is 9. The largest absolute Gasteiger partial charge is 0.478 e. The smallest absolute Gasteiger partial charge is 0.358 e. The van der Waals surface area contributed by atoms with E-state index in [4.69, 9.17) is 4.74 Å². The van der Waals surface area contributed by atoms with E-state index in [1.165, 1.54) is 41.6 Å². The molecule has 0 bridgehead atoms. The van der Waals surface area contributed by atoms with Gasteiger partial charge in [-0.05, 0) is 136 Å². The Hall–Kier alpha value is -4.98. The maximum atomic E-state index is 15.3. The standard InChI is InChI=1S/C47H52F2N2O4/c1-26-20-34-37(23-33(26)29(4)38-24-51-39(25-50-38)43(54)55-11)47(10,17-14-44(34,5)6)19-18-46(9)16-15-45(7,8)35-22-32(27(2)21-36(35)46)28(3)30-12-13-31(42(52)53)41(49)40(30)48/h12-13,20-25H,3-4,14-19H2,1-2,5-11H3,(H,52,53). The second kappa shape index (κ2) is 13.9. The number of methoxy groups -OCH3 is 1. The van der Waals surface area contributed by atoms with E-state index in [1.807, 2.05) is 6.92 Å². The van der Waals surface area contributed by atoms with Crippen LogP contribution in [0.1, 0.15) is 157 Å². The predicted molar refractivity (Wildman–Crippen MR) is 214 cm³/mol. The number of carbonyl (C=O) groups excluding carboxylic acids is 1. The summed E-state index contributed by atoms with van der Waals surface area (Å²) in [5.41, 5.74) is 9.55. The summed E-state index contributed by atoms with van der Waals surface area (Å²) < 4.78 is 34.9. The van der Waals surface area contributed by atoms with Gasteiger partial charge in [0.2, 0.25) is 0 Å². The molecule has 0 radical (unpaired) electrons. The molecule has 0 aliphatic heterocycles. The molecule has 2 aliphatic carbocycles. The van der Waals surface area contributed by atoms with Gasteiger partial charge in [-0.3, -0.25) is 4.98 Å². The van der Waals surface area contributed by atoms with E-state index in [2.05, 4.69) is 95.9 Å². The van der Waals surface area contributed by atoms with E-state index < -0.39 is 29.1 Å². The van der Waals surface area contributed by atoms with Gasteiger partial charge in [0.25, 0.3) is 0 Å². The number of aryl methyl sites for hydroxylation is 2. The number of aromatic nitrogens is 2. The molecule has 2 aliphatic rings. The number of esters is 1. The van der Waals surface area contributed by atoms with Crippen molar-refractivity contribution in [3.63, 3.8) is 0 Å². The molecule has 2 unspecified atom stereocenters. The van der Waals surface area contributed by atoms with Gasteiger partial charge in [-0.25, -0.2) is 23.4 Å².